The molecule has 4 atom stereocenters. The minimum absolute atomic E-state index is 0.0199. The maximum Gasteiger partial charge on any atom is 0.326 e. The fourth-order valence-corrected chi connectivity index (χ4v) is 4.12. The molecule has 37 heavy (non-hydrogen) atoms. The molecular weight excluding hydrogens is 524 g/mol. The number of carboxylic acid groups (broad SMARTS) is 2. The van der Waals surface area contributed by atoms with Gasteiger partial charge in [0.05, 0.1) is 12.5 Å². The molecule has 0 heterocycles. The molecule has 0 fully saturated rings. The number of hydrogen-bond donors (Lipinski definition) is 7. The molecule has 0 spiro atoms. The van der Waals surface area contributed by atoms with Crippen LogP contribution in [-0.4, -0.2) is 93.2 Å². The molecule has 12 nitrogen and oxygen atoms in total. The molecule has 0 aromatic heterocycles. The minimum atomic E-state index is -1.35. The van der Waals surface area contributed by atoms with Crippen LogP contribution < -0.4 is 21.7 Å². The van der Waals surface area contributed by atoms with Crippen molar-refractivity contribution in [3.8, 4) is 5.75 Å². The van der Waals surface area contributed by atoms with E-state index in [4.69, 9.17) is 10.8 Å². The van der Waals surface area contributed by atoms with E-state index in [1.165, 1.54) is 35.7 Å². The Bertz CT molecular complexity index is 932. The van der Waals surface area contributed by atoms with Crippen molar-refractivity contribution in [2.24, 2.45) is 5.73 Å². The van der Waals surface area contributed by atoms with Gasteiger partial charge in [0.25, 0.3) is 0 Å². The van der Waals surface area contributed by atoms with E-state index in [0.717, 1.165) is 0 Å². The van der Waals surface area contributed by atoms with Crippen LogP contribution in [0.3, 0.4) is 0 Å². The topological polar surface area (TPSA) is 208 Å². The highest BCUT2D eigenvalue weighted by Gasteiger charge is 2.30. The van der Waals surface area contributed by atoms with Gasteiger partial charge in [0.15, 0.2) is 0 Å². The Morgan fingerprint density at radius 1 is 0.811 bits per heavy atom. The third-order valence-corrected chi connectivity index (χ3v) is 6.50. The zero-order valence-corrected chi connectivity index (χ0v) is 22.3. The summed E-state index contributed by atoms with van der Waals surface area (Å²) in [6, 6.07) is 1.10. The van der Waals surface area contributed by atoms with Crippen LogP contribution in [0.1, 0.15) is 24.8 Å². The van der Waals surface area contributed by atoms with Crippen molar-refractivity contribution in [3.05, 3.63) is 29.8 Å². The van der Waals surface area contributed by atoms with Crippen LogP contribution in [0.15, 0.2) is 24.3 Å². The number of carbonyl (C=O) groups excluding carboxylic acids is 3. The Morgan fingerprint density at radius 2 is 1.27 bits per heavy atom. The van der Waals surface area contributed by atoms with E-state index in [9.17, 15) is 34.2 Å². The van der Waals surface area contributed by atoms with Crippen LogP contribution >= 0.6 is 23.5 Å². The number of aliphatic carboxylic acids is 2. The molecule has 3 amide bonds. The number of nitrogens with one attached hydrogen (secondary N) is 3. The smallest absolute Gasteiger partial charge is 0.326 e. The summed E-state index contributed by atoms with van der Waals surface area (Å²) in [5.74, 6) is -3.72. The van der Waals surface area contributed by atoms with E-state index in [2.05, 4.69) is 16.0 Å². The van der Waals surface area contributed by atoms with Crippen LogP contribution in [0.5, 0.6) is 5.75 Å². The van der Waals surface area contributed by atoms with E-state index < -0.39 is 60.2 Å². The molecule has 1 rings (SSSR count). The predicted molar refractivity (Wildman–Crippen MR) is 141 cm³/mol. The van der Waals surface area contributed by atoms with Crippen LogP contribution in [-0.2, 0) is 30.4 Å². The lowest BCUT2D eigenvalue weighted by molar-refractivity contribution is -0.142. The fourth-order valence-electron chi connectivity index (χ4n) is 3.18. The molecule has 206 valence electrons. The Balaban J connectivity index is 2.98. The van der Waals surface area contributed by atoms with Crippen molar-refractivity contribution in [3.63, 3.8) is 0 Å². The monoisotopic (exact) mass is 558 g/mol. The molecular formula is C23H34N4O8S2. The summed E-state index contributed by atoms with van der Waals surface area (Å²) in [5, 5.41) is 35.4. The molecule has 0 bridgehead atoms. The minimum Gasteiger partial charge on any atom is -0.508 e. The zero-order chi connectivity index (χ0) is 28.0. The van der Waals surface area contributed by atoms with Gasteiger partial charge in [-0.05, 0) is 54.6 Å². The van der Waals surface area contributed by atoms with Gasteiger partial charge in [-0.1, -0.05) is 12.1 Å². The van der Waals surface area contributed by atoms with Gasteiger partial charge in [0, 0.05) is 6.42 Å². The number of aromatic hydroxyl groups is 1. The molecule has 0 aliphatic heterocycles. The summed E-state index contributed by atoms with van der Waals surface area (Å²) in [4.78, 5) is 61.0. The SMILES string of the molecule is CSCCC(NC(=O)C(N)CC(=O)O)C(=O)NC(CCSC)C(=O)NC(Cc1ccc(O)cc1)C(=O)O. The first-order valence-electron chi connectivity index (χ1n) is 11.4. The molecule has 4 unspecified atom stereocenters. The third-order valence-electron chi connectivity index (χ3n) is 5.21. The van der Waals surface area contributed by atoms with Gasteiger partial charge in [-0.2, -0.15) is 23.5 Å². The summed E-state index contributed by atoms with van der Waals surface area (Å²) in [6.45, 7) is 0. The van der Waals surface area contributed by atoms with Gasteiger partial charge >= 0.3 is 11.9 Å². The molecule has 0 radical (unpaired) electrons. The Kier molecular flexibility index (Phi) is 14.5. The number of phenols is 1. The van der Waals surface area contributed by atoms with E-state index in [-0.39, 0.29) is 25.0 Å². The maximum absolute atomic E-state index is 13.0. The number of carbonyl (C=O) groups is 5. The Morgan fingerprint density at radius 3 is 1.70 bits per heavy atom. The molecule has 0 aliphatic rings. The van der Waals surface area contributed by atoms with E-state index >= 15 is 0 Å². The number of carboxylic acids is 2. The van der Waals surface area contributed by atoms with Crippen LogP contribution in [0.4, 0.5) is 0 Å². The van der Waals surface area contributed by atoms with Crippen LogP contribution in [0.2, 0.25) is 0 Å². The molecule has 8 N–H and O–H groups in total. The number of benzene rings is 1. The predicted octanol–water partition coefficient (Wildman–Crippen LogP) is -0.218. The van der Waals surface area contributed by atoms with Crippen molar-refractivity contribution in [2.45, 2.75) is 49.9 Å². The van der Waals surface area contributed by atoms with Gasteiger partial charge in [0.1, 0.15) is 23.9 Å². The van der Waals surface area contributed by atoms with Crippen molar-refractivity contribution in [1.29, 1.82) is 0 Å². The number of phenolic OH excluding ortho intramolecular Hbond substituents is 1. The summed E-state index contributed by atoms with van der Waals surface area (Å²) < 4.78 is 0. The standard InChI is InChI=1S/C23H34N4O8S2/c1-36-9-7-16(25-20(31)15(24)12-19(29)30)21(32)26-17(8-10-37-2)22(33)27-18(23(34)35)11-13-3-5-14(28)6-4-13/h3-6,15-18,28H,7-12,24H2,1-2H3,(H,25,31)(H,26,32)(H,27,33)(H,29,30)(H,34,35). The maximum atomic E-state index is 13.0. The highest BCUT2D eigenvalue weighted by Crippen LogP contribution is 2.12. The first-order chi connectivity index (χ1) is 17.5. The second kappa shape index (κ2) is 16.7. The summed E-state index contributed by atoms with van der Waals surface area (Å²) in [7, 11) is 0. The van der Waals surface area contributed by atoms with Crippen molar-refractivity contribution in [2.75, 3.05) is 24.0 Å². The van der Waals surface area contributed by atoms with Crippen LogP contribution in [0.25, 0.3) is 0 Å². The van der Waals surface area contributed by atoms with Gasteiger partial charge in [0.2, 0.25) is 17.7 Å². The average Bonchev–Trinajstić information content (AvgIpc) is 2.84. The first kappa shape index (κ1) is 32.1. The molecule has 1 aromatic carbocycles. The Labute approximate surface area is 223 Å². The number of nitrogens with two attached hydrogens (primary N) is 1. The first-order valence-corrected chi connectivity index (χ1v) is 14.1. The number of amides is 3. The molecule has 0 saturated carbocycles. The summed E-state index contributed by atoms with van der Waals surface area (Å²) >= 11 is 2.86. The number of thioether (sulfide) groups is 2. The normalized spacial score (nSPS) is 14.0. The van der Waals surface area contributed by atoms with E-state index in [1.54, 1.807) is 12.1 Å². The van der Waals surface area contributed by atoms with E-state index in [0.29, 0.717) is 17.1 Å². The fraction of sp³-hybridized carbons (Fsp3) is 0.522. The van der Waals surface area contributed by atoms with Crippen LogP contribution in [0, 0.1) is 0 Å². The average molecular weight is 559 g/mol. The molecule has 0 aliphatic carbocycles. The summed E-state index contributed by atoms with van der Waals surface area (Å²) in [6.07, 6.45) is 3.37. The van der Waals surface area contributed by atoms with Gasteiger partial charge in [-0.15, -0.1) is 0 Å². The largest absolute Gasteiger partial charge is 0.508 e. The second-order valence-corrected chi connectivity index (χ2v) is 10.1. The number of rotatable bonds is 17. The summed E-state index contributed by atoms with van der Waals surface area (Å²) in [5.41, 5.74) is 6.18. The molecule has 0 saturated heterocycles. The van der Waals surface area contributed by atoms with Crippen molar-refractivity contribution < 1.29 is 39.3 Å². The van der Waals surface area contributed by atoms with Crippen molar-refractivity contribution >= 4 is 53.2 Å². The zero-order valence-electron chi connectivity index (χ0n) is 20.6. The lowest BCUT2D eigenvalue weighted by Crippen LogP contribution is -2.57. The van der Waals surface area contributed by atoms with E-state index in [1.807, 2.05) is 12.5 Å². The lowest BCUT2D eigenvalue weighted by Gasteiger charge is -2.25. The molecule has 1 aromatic rings. The second-order valence-electron chi connectivity index (χ2n) is 8.16. The van der Waals surface area contributed by atoms with Crippen molar-refractivity contribution in [1.82, 2.24) is 16.0 Å². The molecule has 14 heteroatoms. The number of hydrogen-bond acceptors (Lipinski definition) is 9. The van der Waals surface area contributed by atoms with Gasteiger partial charge < -0.3 is 37.0 Å². The van der Waals surface area contributed by atoms with Gasteiger partial charge in [-0.3, -0.25) is 19.2 Å². The highest BCUT2D eigenvalue weighted by atomic mass is 32.2. The highest BCUT2D eigenvalue weighted by molar-refractivity contribution is 7.98. The lowest BCUT2D eigenvalue weighted by atomic mass is 10.0. The third kappa shape index (κ3) is 12.2. The Hall–Kier alpha value is -2.97. The quantitative estimate of drug-likeness (QED) is 0.133. The van der Waals surface area contributed by atoms with Gasteiger partial charge in [-0.25, -0.2) is 4.79 Å².